The Morgan fingerprint density at radius 3 is 2.39 bits per heavy atom. The van der Waals surface area contributed by atoms with Gasteiger partial charge in [0.25, 0.3) is 0 Å². The Balaban J connectivity index is 1.52. The van der Waals surface area contributed by atoms with Crippen molar-refractivity contribution >= 4 is 32.5 Å². The number of thioether (sulfide) groups is 1. The van der Waals surface area contributed by atoms with Gasteiger partial charge in [0.05, 0.1) is 10.3 Å². The highest BCUT2D eigenvalue weighted by Gasteiger charge is 2.33. The second-order valence-corrected chi connectivity index (χ2v) is 13.4. The number of benzene rings is 3. The van der Waals surface area contributed by atoms with Gasteiger partial charge in [-0.05, 0) is 78.6 Å². The molecule has 0 saturated heterocycles. The van der Waals surface area contributed by atoms with Gasteiger partial charge in [-0.1, -0.05) is 36.4 Å². The number of aromatic nitrogens is 2. The lowest BCUT2D eigenvalue weighted by Crippen LogP contribution is -2.28. The third-order valence-electron chi connectivity index (χ3n) is 6.87. The van der Waals surface area contributed by atoms with Gasteiger partial charge >= 0.3 is 0 Å². The maximum absolute atomic E-state index is 13.2. The molecule has 5 aromatic rings. The summed E-state index contributed by atoms with van der Waals surface area (Å²) in [7, 11) is -3.36. The van der Waals surface area contributed by atoms with Crippen molar-refractivity contribution in [2.75, 3.05) is 6.26 Å². The van der Waals surface area contributed by atoms with Gasteiger partial charge in [0, 0.05) is 52.0 Å². The van der Waals surface area contributed by atoms with E-state index in [2.05, 4.69) is 22.1 Å². The van der Waals surface area contributed by atoms with Gasteiger partial charge in [0.1, 0.15) is 5.82 Å². The molecule has 0 saturated carbocycles. The summed E-state index contributed by atoms with van der Waals surface area (Å²) in [5, 5.41) is 0.892. The van der Waals surface area contributed by atoms with Gasteiger partial charge in [0.15, 0.2) is 9.84 Å². The minimum absolute atomic E-state index is 0.240. The first-order valence-electron chi connectivity index (χ1n) is 12.1. The summed E-state index contributed by atoms with van der Waals surface area (Å²) in [6, 6.07) is 24.5. The highest BCUT2D eigenvalue weighted by atomic mass is 32.2. The van der Waals surface area contributed by atoms with Gasteiger partial charge in [-0.25, -0.2) is 12.8 Å². The predicted octanol–water partition coefficient (Wildman–Crippen LogP) is 7.67. The average Bonchev–Trinajstić information content (AvgIpc) is 2.92. The fraction of sp³-hybridized carbons (Fsp3) is 0.161. The molecule has 2 heterocycles. The highest BCUT2D eigenvalue weighted by Crippen LogP contribution is 2.37. The molecule has 0 spiro atoms. The molecule has 38 heavy (non-hydrogen) atoms. The topological polar surface area (TPSA) is 59.9 Å². The van der Waals surface area contributed by atoms with Crippen molar-refractivity contribution in [3.05, 3.63) is 114 Å². The van der Waals surface area contributed by atoms with Gasteiger partial charge in [0.2, 0.25) is 0 Å². The van der Waals surface area contributed by atoms with Crippen LogP contribution in [-0.4, -0.2) is 24.6 Å². The summed E-state index contributed by atoms with van der Waals surface area (Å²) in [6.45, 7) is 3.47. The van der Waals surface area contributed by atoms with E-state index in [9.17, 15) is 12.8 Å². The van der Waals surface area contributed by atoms with Gasteiger partial charge in [-0.3, -0.25) is 9.97 Å². The molecule has 0 atom stereocenters. The van der Waals surface area contributed by atoms with Crippen molar-refractivity contribution in [1.29, 1.82) is 0 Å². The van der Waals surface area contributed by atoms with Crippen LogP contribution in [0.2, 0.25) is 0 Å². The van der Waals surface area contributed by atoms with Crippen molar-refractivity contribution in [1.82, 2.24) is 9.97 Å². The highest BCUT2D eigenvalue weighted by molar-refractivity contribution is 7.98. The number of nitrogens with zero attached hydrogens (tertiary/aromatic N) is 2. The molecule has 192 valence electrons. The van der Waals surface area contributed by atoms with Crippen LogP contribution in [0.3, 0.4) is 0 Å². The van der Waals surface area contributed by atoms with Crippen LogP contribution in [0.1, 0.15) is 25.0 Å². The molecule has 2 aromatic heterocycles. The van der Waals surface area contributed by atoms with Gasteiger partial charge in [-0.2, -0.15) is 0 Å². The Kier molecular flexibility index (Phi) is 7.07. The Labute approximate surface area is 226 Å². The lowest BCUT2D eigenvalue weighted by atomic mass is 9.92. The fourth-order valence-corrected chi connectivity index (χ4v) is 5.66. The summed E-state index contributed by atoms with van der Waals surface area (Å²) in [4.78, 5) is 10.1. The third-order valence-corrected chi connectivity index (χ3v) is 9.99. The molecular formula is C31H27FN2O2S2. The molecule has 0 aliphatic carbocycles. The molecule has 0 aliphatic heterocycles. The minimum atomic E-state index is -3.36. The van der Waals surface area contributed by atoms with E-state index in [1.165, 1.54) is 18.4 Å². The van der Waals surface area contributed by atoms with Crippen molar-refractivity contribution in [3.63, 3.8) is 0 Å². The predicted molar refractivity (Wildman–Crippen MR) is 154 cm³/mol. The number of rotatable bonds is 7. The number of fused-ring (bicyclic) bond motifs is 1. The van der Waals surface area contributed by atoms with Crippen LogP contribution in [0.4, 0.5) is 4.39 Å². The maximum Gasteiger partial charge on any atom is 0.156 e. The summed E-state index contributed by atoms with van der Waals surface area (Å²) in [5.74, 6) is 0.474. The van der Waals surface area contributed by atoms with E-state index in [-0.39, 0.29) is 5.82 Å². The molecule has 4 nitrogen and oxygen atoms in total. The van der Waals surface area contributed by atoms with E-state index in [0.717, 1.165) is 49.2 Å². The molecule has 0 N–H and O–H groups in total. The zero-order chi connectivity index (χ0) is 26.9. The van der Waals surface area contributed by atoms with Crippen LogP contribution in [0.5, 0.6) is 0 Å². The number of sulfone groups is 1. The van der Waals surface area contributed by atoms with E-state index in [4.69, 9.17) is 0 Å². The van der Waals surface area contributed by atoms with Crippen LogP contribution in [-0.2, 0) is 20.3 Å². The molecular weight excluding hydrogens is 515 g/mol. The molecule has 5 rings (SSSR count). The van der Waals surface area contributed by atoms with E-state index in [0.29, 0.717) is 5.75 Å². The molecule has 0 unspecified atom stereocenters. The van der Waals surface area contributed by atoms with Crippen LogP contribution in [0.25, 0.3) is 33.2 Å². The molecule has 0 amide bonds. The summed E-state index contributed by atoms with van der Waals surface area (Å²) in [5.41, 5.74) is 6.38. The first-order chi connectivity index (χ1) is 18.1. The molecule has 0 fully saturated rings. The third kappa shape index (κ3) is 5.35. The number of hydrogen-bond donors (Lipinski definition) is 0. The smallest absolute Gasteiger partial charge is 0.156 e. The van der Waals surface area contributed by atoms with E-state index in [1.54, 1.807) is 43.9 Å². The van der Waals surface area contributed by atoms with Crippen LogP contribution in [0, 0.1) is 5.82 Å². The van der Waals surface area contributed by atoms with Crippen LogP contribution >= 0.6 is 11.8 Å². The average molecular weight is 543 g/mol. The van der Waals surface area contributed by atoms with Crippen molar-refractivity contribution in [2.24, 2.45) is 0 Å². The molecule has 0 radical (unpaired) electrons. The maximum atomic E-state index is 13.2. The van der Waals surface area contributed by atoms with Crippen LogP contribution in [0.15, 0.2) is 102 Å². The fourth-order valence-electron chi connectivity index (χ4n) is 4.24. The Morgan fingerprint density at radius 1 is 0.868 bits per heavy atom. The molecule has 0 bridgehead atoms. The van der Waals surface area contributed by atoms with Gasteiger partial charge in [-0.15, -0.1) is 11.8 Å². The molecule has 7 heteroatoms. The lowest BCUT2D eigenvalue weighted by molar-refractivity contribution is 0.561. The van der Waals surface area contributed by atoms with E-state index in [1.807, 2.05) is 54.9 Å². The SMILES string of the molecule is CC(C)(c1cc(-c2cccc(-c3cncc(SCc4ccc(F)cc4)c3)c2)c2ncccc2c1)S(C)(=O)=O. The zero-order valence-corrected chi connectivity index (χ0v) is 23.0. The number of halogens is 1. The normalized spacial score (nSPS) is 12.1. The van der Waals surface area contributed by atoms with Crippen molar-refractivity contribution in [2.45, 2.75) is 29.2 Å². The quantitative estimate of drug-likeness (QED) is 0.198. The summed E-state index contributed by atoms with van der Waals surface area (Å²) in [6.07, 6.45) is 6.69. The standard InChI is InChI=1S/C31H27FN2O2S2/c1-31(2,38(3,35)36)26-15-24-8-5-13-34-30(24)29(17-26)23-7-4-6-22(14-23)25-16-28(19-33-18-25)37-20-21-9-11-27(32)12-10-21/h4-19H,20H2,1-3H3. The Bertz CT molecular complexity index is 1730. The molecule has 0 aliphatic rings. The zero-order valence-electron chi connectivity index (χ0n) is 21.4. The summed E-state index contributed by atoms with van der Waals surface area (Å²) >= 11 is 1.65. The summed E-state index contributed by atoms with van der Waals surface area (Å²) < 4.78 is 37.4. The Morgan fingerprint density at radius 2 is 1.63 bits per heavy atom. The number of hydrogen-bond acceptors (Lipinski definition) is 5. The van der Waals surface area contributed by atoms with Crippen LogP contribution < -0.4 is 0 Å². The Hall–Kier alpha value is -3.55. The monoisotopic (exact) mass is 542 g/mol. The second kappa shape index (κ2) is 10.3. The largest absolute Gasteiger partial charge is 0.263 e. The first kappa shape index (κ1) is 26.1. The van der Waals surface area contributed by atoms with E-state index >= 15 is 0 Å². The van der Waals surface area contributed by atoms with E-state index < -0.39 is 14.6 Å². The van der Waals surface area contributed by atoms with Crippen molar-refractivity contribution < 1.29 is 12.8 Å². The lowest BCUT2D eigenvalue weighted by Gasteiger charge is -2.24. The first-order valence-corrected chi connectivity index (χ1v) is 15.0. The minimum Gasteiger partial charge on any atom is -0.263 e. The number of pyridine rings is 2. The molecule has 3 aromatic carbocycles. The second-order valence-electron chi connectivity index (χ2n) is 9.79. The van der Waals surface area contributed by atoms with Crippen molar-refractivity contribution in [3.8, 4) is 22.3 Å². The van der Waals surface area contributed by atoms with Gasteiger partial charge < -0.3 is 0 Å².